The molecule has 1 saturated carbocycles. The number of aliphatic hydroxyl groups is 1. The highest BCUT2D eigenvalue weighted by molar-refractivity contribution is 6.01. The number of aldehydes is 1. The number of fused-ring (bicyclic) bond motifs is 5. The lowest BCUT2D eigenvalue weighted by molar-refractivity contribution is -0.172. The highest BCUT2D eigenvalue weighted by atomic mass is 19.1. The fraction of sp³-hybridized carbons (Fsp3) is 0.418. The maximum Gasteiger partial charge on any atom is 0.343 e. The zero-order valence-corrected chi connectivity index (χ0v) is 44.1. The van der Waals surface area contributed by atoms with Gasteiger partial charge in [0.05, 0.1) is 67.8 Å². The number of benzene rings is 2. The molecule has 25 nitrogen and oxygen atoms in total. The summed E-state index contributed by atoms with van der Waals surface area (Å²) in [5.74, 6) is -7.85. The summed E-state index contributed by atoms with van der Waals surface area (Å²) >= 11 is 0. The van der Waals surface area contributed by atoms with Gasteiger partial charge in [-0.25, -0.2) is 14.2 Å². The van der Waals surface area contributed by atoms with Crippen LogP contribution in [0, 0.1) is 18.7 Å². The monoisotopic (exact) mass is 1120 g/mol. The van der Waals surface area contributed by atoms with Gasteiger partial charge in [0.1, 0.15) is 43.6 Å². The molecule has 5 aliphatic rings. The first-order valence-corrected chi connectivity index (χ1v) is 26.3. The lowest BCUT2D eigenvalue weighted by atomic mass is 9.81. The predicted octanol–water partition coefficient (Wildman–Crippen LogP) is -1.41. The van der Waals surface area contributed by atoms with Gasteiger partial charge >= 0.3 is 11.9 Å². The van der Waals surface area contributed by atoms with Crippen molar-refractivity contribution in [3.8, 4) is 11.4 Å². The van der Waals surface area contributed by atoms with Gasteiger partial charge in [-0.15, -0.1) is 0 Å². The quantitative estimate of drug-likeness (QED) is 0.0195. The number of esters is 1. The molecule has 5 atom stereocenters. The number of rotatable bonds is 24. The normalized spacial score (nSPS) is 18.7. The molecule has 3 aliphatic heterocycles. The molecule has 0 bridgehead atoms. The van der Waals surface area contributed by atoms with Gasteiger partial charge in [-0.3, -0.25) is 47.9 Å². The van der Waals surface area contributed by atoms with E-state index in [1.165, 1.54) is 10.6 Å². The van der Waals surface area contributed by atoms with Gasteiger partial charge in [0, 0.05) is 47.2 Å². The molecule has 0 saturated heterocycles. The van der Waals surface area contributed by atoms with Crippen LogP contribution in [0.4, 0.5) is 4.39 Å². The number of ether oxygens (including phenoxy) is 2. The molecule has 0 spiro atoms. The van der Waals surface area contributed by atoms with Crippen LogP contribution in [0.3, 0.4) is 0 Å². The van der Waals surface area contributed by atoms with Gasteiger partial charge in [-0.1, -0.05) is 37.3 Å². The van der Waals surface area contributed by atoms with Gasteiger partial charge in [-0.2, -0.15) is 0 Å². The number of aliphatic carboxylic acids is 1. The molecule has 7 amide bonds. The van der Waals surface area contributed by atoms with E-state index in [2.05, 4.69) is 37.2 Å². The van der Waals surface area contributed by atoms with Gasteiger partial charge in [-0.05, 0) is 73.3 Å². The number of carbonyl (C=O) groups excluding carboxylic acids is 9. The largest absolute Gasteiger partial charge is 0.480 e. The molecule has 1 fully saturated rings. The minimum atomic E-state index is -2.07. The van der Waals surface area contributed by atoms with E-state index >= 15 is 4.39 Å². The third kappa shape index (κ3) is 12.1. The lowest BCUT2D eigenvalue weighted by Gasteiger charge is -2.31. The first-order chi connectivity index (χ1) is 38.8. The van der Waals surface area contributed by atoms with Gasteiger partial charge in [0.25, 0.3) is 5.56 Å². The number of carbonyl (C=O) groups is 10. The van der Waals surface area contributed by atoms with Crippen LogP contribution >= 0.6 is 0 Å². The average Bonchev–Trinajstić information content (AvgIpc) is 4.21. The third-order valence-corrected chi connectivity index (χ3v) is 15.2. The summed E-state index contributed by atoms with van der Waals surface area (Å²) in [5, 5.41) is 39.0. The zero-order chi connectivity index (χ0) is 57.9. The van der Waals surface area contributed by atoms with Gasteiger partial charge < -0.3 is 66.4 Å². The van der Waals surface area contributed by atoms with Gasteiger partial charge in [0.2, 0.25) is 41.4 Å². The Hall–Kier alpha value is -8.75. The summed E-state index contributed by atoms with van der Waals surface area (Å²) in [7, 11) is 0. The SMILES string of the molecule is CC[C@@]1(O)C(=O)OCc2c1cc1n(c2=O)Cc2c-1nc1cc(F)c(C)c3c1c2[C@@H](NC(=O)[C@@H](OCNC(=O)CNC(=O)[C@H](Cc1ccccc1)NC(=O)CNC(=O)CNC(=O)[C@@H](CNCC(=O)O)N1CC(C=O)=CC1=O)C1CC1)CC3. The highest BCUT2D eigenvalue weighted by Gasteiger charge is 2.46. The first kappa shape index (κ1) is 57.0. The molecule has 26 heteroatoms. The van der Waals surface area contributed by atoms with Crippen molar-refractivity contribution in [2.45, 2.75) is 95.4 Å². The third-order valence-electron chi connectivity index (χ3n) is 15.2. The number of carboxylic acid groups (broad SMARTS) is 1. The van der Waals surface area contributed by atoms with E-state index in [1.807, 2.05) is 0 Å². The summed E-state index contributed by atoms with van der Waals surface area (Å²) in [5.41, 5.74) is 1.84. The first-order valence-electron chi connectivity index (χ1n) is 26.3. The minimum Gasteiger partial charge on any atom is -0.480 e. The molecule has 2 aliphatic carbocycles. The number of nitrogens with zero attached hydrogens (tertiary/aromatic N) is 3. The Morgan fingerprint density at radius 1 is 0.889 bits per heavy atom. The number of pyridine rings is 2. The number of hydrogen-bond donors (Lipinski definition) is 9. The minimum absolute atomic E-state index is 0.0242. The van der Waals surface area contributed by atoms with E-state index in [-0.39, 0.29) is 61.7 Å². The van der Waals surface area contributed by atoms with Crippen LogP contribution in [0.5, 0.6) is 0 Å². The molecule has 0 unspecified atom stereocenters. The summed E-state index contributed by atoms with van der Waals surface area (Å²) in [6.07, 6.45) is 2.46. The van der Waals surface area contributed by atoms with E-state index in [0.717, 1.165) is 16.5 Å². The molecule has 426 valence electrons. The Labute approximate surface area is 460 Å². The Morgan fingerprint density at radius 2 is 1.60 bits per heavy atom. The van der Waals surface area contributed by atoms with Crippen LogP contribution in [0.15, 0.2) is 58.9 Å². The second kappa shape index (κ2) is 23.9. The number of carboxylic acids is 1. The molecule has 5 heterocycles. The van der Waals surface area contributed by atoms with E-state index in [1.54, 1.807) is 50.2 Å². The van der Waals surface area contributed by atoms with Crippen molar-refractivity contribution in [3.63, 3.8) is 0 Å². The zero-order valence-electron chi connectivity index (χ0n) is 44.1. The number of cyclic esters (lactones) is 1. The molecular weight excluding hydrogens is 1060 g/mol. The number of nitrogens with one attached hydrogen (secondary N) is 7. The van der Waals surface area contributed by atoms with Crippen molar-refractivity contribution in [3.05, 3.63) is 109 Å². The van der Waals surface area contributed by atoms with Crippen LogP contribution < -0.4 is 42.8 Å². The van der Waals surface area contributed by atoms with E-state index in [0.29, 0.717) is 76.5 Å². The van der Waals surface area contributed by atoms with Crippen LogP contribution in [-0.4, -0.2) is 148 Å². The maximum absolute atomic E-state index is 15.5. The highest BCUT2D eigenvalue weighted by Crippen LogP contribution is 2.46. The van der Waals surface area contributed by atoms with Crippen LogP contribution in [-0.2, 0) is 89.0 Å². The molecular formula is C55H59FN10O15. The summed E-state index contributed by atoms with van der Waals surface area (Å²) < 4.78 is 28.3. The smallest absolute Gasteiger partial charge is 0.343 e. The van der Waals surface area contributed by atoms with E-state index < -0.39 is 127 Å². The Morgan fingerprint density at radius 3 is 2.30 bits per heavy atom. The molecule has 4 aromatic rings. The Balaban J connectivity index is 0.800. The van der Waals surface area contributed by atoms with Crippen molar-refractivity contribution in [2.24, 2.45) is 5.92 Å². The summed E-state index contributed by atoms with van der Waals surface area (Å²) in [6, 6.07) is 8.31. The van der Waals surface area contributed by atoms with Crippen molar-refractivity contribution in [1.82, 2.24) is 51.7 Å². The molecule has 9 N–H and O–H groups in total. The number of hydrogen-bond acceptors (Lipinski definition) is 16. The molecule has 81 heavy (non-hydrogen) atoms. The standard InChI is InChI=1S/C55H59FN10O15/c1-3-55(79)34-15-39-48-32(23-66(39)53(77)33(34)25-80-54(55)78)47-36(12-11-31-27(2)35(56)16-37(63-48)46(31)47)64-52(76)49(30-9-10-30)81-26-61-42(69)19-59-50(74)38(13-28-7-5-4-6-8-28)62-43(70)20-58-41(68)18-60-51(75)40(17-57-21-45(72)73)65-22-29(24-67)14-44(65)71/h4-8,14-16,24,30,36,38,40,49,57,79H,3,9-13,17-23,25-26H2,1-2H3,(H,58,68)(H,59,74)(H,60,75)(H,61,69)(H,62,70)(H,64,76)(H,72,73)/t36-,38-,40+,49-,55-/m0/s1. The van der Waals surface area contributed by atoms with Crippen molar-refractivity contribution in [1.29, 1.82) is 0 Å². The van der Waals surface area contributed by atoms with Crippen molar-refractivity contribution >= 4 is 70.5 Å². The number of aromatic nitrogens is 2. The van der Waals surface area contributed by atoms with Crippen molar-refractivity contribution < 1.29 is 72.0 Å². The molecule has 2 aromatic heterocycles. The van der Waals surface area contributed by atoms with E-state index in [4.69, 9.17) is 19.6 Å². The Kier molecular flexibility index (Phi) is 16.8. The topological polar surface area (TPSA) is 352 Å². The van der Waals surface area contributed by atoms with E-state index in [9.17, 15) is 57.8 Å². The van der Waals surface area contributed by atoms with Gasteiger partial charge in [0.15, 0.2) is 5.60 Å². The fourth-order valence-electron chi connectivity index (χ4n) is 10.7. The second-order valence-electron chi connectivity index (χ2n) is 20.4. The lowest BCUT2D eigenvalue weighted by Crippen LogP contribution is -2.55. The maximum atomic E-state index is 15.5. The fourth-order valence-corrected chi connectivity index (χ4v) is 10.7. The molecule has 9 rings (SSSR count). The van der Waals surface area contributed by atoms with Crippen LogP contribution in [0.1, 0.15) is 77.6 Å². The number of amides is 7. The average molecular weight is 1120 g/mol. The van der Waals surface area contributed by atoms with Crippen molar-refractivity contribution in [2.75, 3.05) is 46.0 Å². The number of halogens is 1. The predicted molar refractivity (Wildman–Crippen MR) is 280 cm³/mol. The summed E-state index contributed by atoms with van der Waals surface area (Å²) in [6.45, 7) is -0.396. The molecule has 2 aromatic carbocycles. The van der Waals surface area contributed by atoms with Crippen LogP contribution in [0.25, 0.3) is 22.3 Å². The molecule has 0 radical (unpaired) electrons. The summed E-state index contributed by atoms with van der Waals surface area (Å²) in [4.78, 5) is 148. The number of aryl methyl sites for hydroxylation is 1. The Bertz CT molecular complexity index is 3380. The second-order valence-corrected chi connectivity index (χ2v) is 20.4. The van der Waals surface area contributed by atoms with Crippen LogP contribution in [0.2, 0.25) is 0 Å².